The molecule has 5 heteroatoms. The quantitative estimate of drug-likeness (QED) is 0.832. The van der Waals surface area contributed by atoms with Gasteiger partial charge in [-0.05, 0) is 43.2 Å². The minimum Gasteiger partial charge on any atom is -0.493 e. The summed E-state index contributed by atoms with van der Waals surface area (Å²) in [4.78, 5) is 22.8. The molecule has 0 heterocycles. The standard InChI is InChI=1S/C18H19NO4/c1-12-5-4-6-13(2)18(12)19-17(21)11-23-15-8-7-14(10-20)9-16(15)22-3/h4-10H,11H2,1-3H3,(H,19,21). The molecule has 2 aromatic rings. The van der Waals surface area contributed by atoms with Gasteiger partial charge in [0.05, 0.1) is 7.11 Å². The van der Waals surface area contributed by atoms with Crippen LogP contribution in [0.15, 0.2) is 36.4 Å². The minimum absolute atomic E-state index is 0.148. The lowest BCUT2D eigenvalue weighted by atomic mass is 10.1. The van der Waals surface area contributed by atoms with Crippen LogP contribution < -0.4 is 14.8 Å². The van der Waals surface area contributed by atoms with E-state index < -0.39 is 0 Å². The van der Waals surface area contributed by atoms with E-state index in [4.69, 9.17) is 9.47 Å². The number of aryl methyl sites for hydroxylation is 2. The highest BCUT2D eigenvalue weighted by Crippen LogP contribution is 2.27. The summed E-state index contributed by atoms with van der Waals surface area (Å²) in [5.41, 5.74) is 3.26. The predicted molar refractivity (Wildman–Crippen MR) is 88.4 cm³/mol. The summed E-state index contributed by atoms with van der Waals surface area (Å²) >= 11 is 0. The fourth-order valence-corrected chi connectivity index (χ4v) is 2.21. The van der Waals surface area contributed by atoms with Gasteiger partial charge in [0, 0.05) is 11.3 Å². The van der Waals surface area contributed by atoms with E-state index in [1.807, 2.05) is 32.0 Å². The first-order valence-corrected chi connectivity index (χ1v) is 7.17. The second-order valence-electron chi connectivity index (χ2n) is 5.13. The number of para-hydroxylation sites is 1. The Morgan fingerprint density at radius 3 is 2.43 bits per heavy atom. The largest absolute Gasteiger partial charge is 0.493 e. The Morgan fingerprint density at radius 2 is 1.83 bits per heavy atom. The molecule has 2 aromatic carbocycles. The summed E-state index contributed by atoms with van der Waals surface area (Å²) in [6, 6.07) is 10.6. The third-order valence-electron chi connectivity index (χ3n) is 3.43. The molecule has 5 nitrogen and oxygen atoms in total. The van der Waals surface area contributed by atoms with Crippen molar-refractivity contribution in [3.05, 3.63) is 53.1 Å². The third kappa shape index (κ3) is 4.10. The van der Waals surface area contributed by atoms with Gasteiger partial charge in [0.2, 0.25) is 0 Å². The number of hydrogen-bond donors (Lipinski definition) is 1. The first-order chi connectivity index (χ1) is 11.0. The van der Waals surface area contributed by atoms with Crippen molar-refractivity contribution in [1.29, 1.82) is 0 Å². The van der Waals surface area contributed by atoms with Crippen LogP contribution in [0, 0.1) is 13.8 Å². The first kappa shape index (κ1) is 16.5. The van der Waals surface area contributed by atoms with Crippen LogP contribution in [0.1, 0.15) is 21.5 Å². The maximum atomic E-state index is 12.1. The lowest BCUT2D eigenvalue weighted by Gasteiger charge is -2.13. The summed E-state index contributed by atoms with van der Waals surface area (Å²) in [6.07, 6.45) is 0.722. The highest BCUT2D eigenvalue weighted by Gasteiger charge is 2.10. The van der Waals surface area contributed by atoms with E-state index >= 15 is 0 Å². The van der Waals surface area contributed by atoms with Crippen LogP contribution in [0.3, 0.4) is 0 Å². The molecule has 0 unspecified atom stereocenters. The Morgan fingerprint density at radius 1 is 1.13 bits per heavy atom. The van der Waals surface area contributed by atoms with Crippen molar-refractivity contribution in [2.24, 2.45) is 0 Å². The molecule has 0 aliphatic carbocycles. The van der Waals surface area contributed by atoms with Gasteiger partial charge >= 0.3 is 0 Å². The molecule has 0 aliphatic heterocycles. The normalized spacial score (nSPS) is 10.0. The molecule has 0 aliphatic rings. The summed E-state index contributed by atoms with van der Waals surface area (Å²) in [7, 11) is 1.48. The molecule has 2 rings (SSSR count). The first-order valence-electron chi connectivity index (χ1n) is 7.17. The zero-order valence-corrected chi connectivity index (χ0v) is 13.4. The van der Waals surface area contributed by atoms with Crippen LogP contribution in [0.2, 0.25) is 0 Å². The van der Waals surface area contributed by atoms with Crippen LogP contribution in [0.25, 0.3) is 0 Å². The zero-order chi connectivity index (χ0) is 16.8. The lowest BCUT2D eigenvalue weighted by Crippen LogP contribution is -2.21. The number of methoxy groups -OCH3 is 1. The second kappa shape index (κ2) is 7.45. The third-order valence-corrected chi connectivity index (χ3v) is 3.43. The van der Waals surface area contributed by atoms with E-state index in [1.165, 1.54) is 7.11 Å². The number of carbonyl (C=O) groups excluding carboxylic acids is 2. The number of hydrogen-bond acceptors (Lipinski definition) is 4. The van der Waals surface area contributed by atoms with Crippen LogP contribution in [0.4, 0.5) is 5.69 Å². The molecule has 0 fully saturated rings. The molecule has 1 amide bonds. The molecule has 0 radical (unpaired) electrons. The minimum atomic E-state index is -0.260. The van der Waals surface area contributed by atoms with Crippen molar-refractivity contribution < 1.29 is 19.1 Å². The van der Waals surface area contributed by atoms with Gasteiger partial charge in [-0.2, -0.15) is 0 Å². The fraction of sp³-hybridized carbons (Fsp3) is 0.222. The van der Waals surface area contributed by atoms with Gasteiger partial charge in [-0.3, -0.25) is 9.59 Å². The topological polar surface area (TPSA) is 64.6 Å². The summed E-state index contributed by atoms with van der Waals surface area (Å²) < 4.78 is 10.6. The van der Waals surface area contributed by atoms with Crippen LogP contribution in [-0.2, 0) is 4.79 Å². The van der Waals surface area contributed by atoms with E-state index in [0.717, 1.165) is 23.1 Å². The Bertz CT molecular complexity index is 705. The van der Waals surface area contributed by atoms with Crippen molar-refractivity contribution >= 4 is 17.9 Å². The smallest absolute Gasteiger partial charge is 0.262 e. The maximum absolute atomic E-state index is 12.1. The van der Waals surface area contributed by atoms with Crippen molar-refractivity contribution in [2.75, 3.05) is 19.0 Å². The molecular formula is C18H19NO4. The van der Waals surface area contributed by atoms with E-state index in [9.17, 15) is 9.59 Å². The molecule has 0 saturated carbocycles. The molecule has 120 valence electrons. The summed E-state index contributed by atoms with van der Waals surface area (Å²) in [6.45, 7) is 3.72. The number of carbonyl (C=O) groups is 2. The van der Waals surface area contributed by atoms with Crippen LogP contribution in [-0.4, -0.2) is 25.9 Å². The van der Waals surface area contributed by atoms with E-state index in [2.05, 4.69) is 5.32 Å². The van der Waals surface area contributed by atoms with Crippen molar-refractivity contribution in [1.82, 2.24) is 0 Å². The Kier molecular flexibility index (Phi) is 5.36. The number of amides is 1. The maximum Gasteiger partial charge on any atom is 0.262 e. The molecule has 0 spiro atoms. The number of benzene rings is 2. The van der Waals surface area contributed by atoms with Gasteiger partial charge in [0.25, 0.3) is 5.91 Å². The van der Waals surface area contributed by atoms with Gasteiger partial charge in [-0.1, -0.05) is 18.2 Å². The average molecular weight is 313 g/mol. The Hall–Kier alpha value is -2.82. The Balaban J connectivity index is 2.03. The summed E-state index contributed by atoms with van der Waals surface area (Å²) in [5, 5.41) is 2.85. The van der Waals surface area contributed by atoms with Gasteiger partial charge in [-0.15, -0.1) is 0 Å². The van der Waals surface area contributed by atoms with Gasteiger partial charge in [0.1, 0.15) is 6.29 Å². The highest BCUT2D eigenvalue weighted by molar-refractivity contribution is 5.93. The zero-order valence-electron chi connectivity index (χ0n) is 13.4. The monoisotopic (exact) mass is 313 g/mol. The number of nitrogens with one attached hydrogen (secondary N) is 1. The molecule has 0 aromatic heterocycles. The van der Waals surface area contributed by atoms with Gasteiger partial charge in [-0.25, -0.2) is 0 Å². The van der Waals surface area contributed by atoms with E-state index in [1.54, 1.807) is 18.2 Å². The number of ether oxygens (including phenoxy) is 2. The van der Waals surface area contributed by atoms with E-state index in [0.29, 0.717) is 17.1 Å². The van der Waals surface area contributed by atoms with Crippen molar-refractivity contribution in [3.63, 3.8) is 0 Å². The van der Waals surface area contributed by atoms with Crippen molar-refractivity contribution in [2.45, 2.75) is 13.8 Å². The predicted octanol–water partition coefficient (Wildman–Crippen LogP) is 3.14. The van der Waals surface area contributed by atoms with Crippen LogP contribution >= 0.6 is 0 Å². The molecule has 0 saturated heterocycles. The molecule has 0 atom stereocenters. The summed E-state index contributed by atoms with van der Waals surface area (Å²) in [5.74, 6) is 0.563. The molecule has 23 heavy (non-hydrogen) atoms. The number of aldehydes is 1. The van der Waals surface area contributed by atoms with Gasteiger partial charge < -0.3 is 14.8 Å². The molecular weight excluding hydrogens is 294 g/mol. The fourth-order valence-electron chi connectivity index (χ4n) is 2.21. The number of rotatable bonds is 6. The Labute approximate surface area is 135 Å². The van der Waals surface area contributed by atoms with Crippen LogP contribution in [0.5, 0.6) is 11.5 Å². The molecule has 0 bridgehead atoms. The van der Waals surface area contributed by atoms with E-state index in [-0.39, 0.29) is 12.5 Å². The SMILES string of the molecule is COc1cc(C=O)ccc1OCC(=O)Nc1c(C)cccc1C. The van der Waals surface area contributed by atoms with Gasteiger partial charge in [0.15, 0.2) is 18.1 Å². The second-order valence-corrected chi connectivity index (χ2v) is 5.13. The number of anilines is 1. The van der Waals surface area contributed by atoms with Crippen molar-refractivity contribution in [3.8, 4) is 11.5 Å². The lowest BCUT2D eigenvalue weighted by molar-refractivity contribution is -0.118. The average Bonchev–Trinajstić information content (AvgIpc) is 2.56. The molecule has 1 N–H and O–H groups in total. The highest BCUT2D eigenvalue weighted by atomic mass is 16.5.